The van der Waals surface area contributed by atoms with Crippen LogP contribution in [0.5, 0.6) is 0 Å². The topological polar surface area (TPSA) is 57.5 Å². The van der Waals surface area contributed by atoms with Crippen molar-refractivity contribution < 1.29 is 15.0 Å². The molecular formula is C6H14ClNaO3. The van der Waals surface area contributed by atoms with Gasteiger partial charge in [-0.1, -0.05) is 19.8 Å². The van der Waals surface area contributed by atoms with Crippen LogP contribution in [0.15, 0.2) is 0 Å². The number of rotatable bonds is 3. The van der Waals surface area contributed by atoms with E-state index in [0.717, 1.165) is 5.88 Å². The van der Waals surface area contributed by atoms with E-state index in [0.29, 0.717) is 0 Å². The molecule has 0 heterocycles. The van der Waals surface area contributed by atoms with Crippen molar-refractivity contribution in [3.63, 3.8) is 0 Å². The van der Waals surface area contributed by atoms with Crippen molar-refractivity contribution >= 4 is 47.3 Å². The van der Waals surface area contributed by atoms with Gasteiger partial charge in [-0.05, 0) is 6.42 Å². The van der Waals surface area contributed by atoms with E-state index in [1.165, 1.54) is 19.3 Å². The van der Waals surface area contributed by atoms with Crippen LogP contribution in [-0.2, 0) is 0 Å². The fraction of sp³-hybridized carbons (Fsp3) is 0.833. The van der Waals surface area contributed by atoms with Gasteiger partial charge in [-0.3, -0.25) is 0 Å². The van der Waals surface area contributed by atoms with Gasteiger partial charge in [-0.15, -0.1) is 11.6 Å². The Morgan fingerprint density at radius 1 is 1.36 bits per heavy atom. The number of hydrogen-bond donors (Lipinski definition) is 2. The van der Waals surface area contributed by atoms with Crippen LogP contribution in [0.1, 0.15) is 26.2 Å². The van der Waals surface area contributed by atoms with E-state index in [9.17, 15) is 0 Å². The Labute approximate surface area is 94.0 Å². The summed E-state index contributed by atoms with van der Waals surface area (Å²) in [5.74, 6) is 0.827. The molecule has 0 bridgehead atoms. The van der Waals surface area contributed by atoms with Crippen molar-refractivity contribution in [1.82, 2.24) is 0 Å². The quantitative estimate of drug-likeness (QED) is 0.409. The van der Waals surface area contributed by atoms with Gasteiger partial charge < -0.3 is 10.2 Å². The summed E-state index contributed by atoms with van der Waals surface area (Å²) < 4.78 is 0. The van der Waals surface area contributed by atoms with Crippen LogP contribution in [0.2, 0.25) is 0 Å². The third-order valence-electron chi connectivity index (χ3n) is 0.737. The standard InChI is InChI=1S/C5H11Cl.CH2O3.Na.H/c1-2-3-4-5-6;2-1(3)4;;/h2-5H2,1H3;(H2,2,3,4);;. The van der Waals surface area contributed by atoms with E-state index in [-0.39, 0.29) is 29.6 Å². The molecule has 0 rings (SSSR count). The zero-order chi connectivity index (χ0) is 8.41. The predicted octanol–water partition coefficient (Wildman–Crippen LogP) is 1.99. The first-order valence-corrected chi connectivity index (χ1v) is 3.66. The summed E-state index contributed by atoms with van der Waals surface area (Å²) in [4.78, 5) is 8.56. The minimum absolute atomic E-state index is 0. The average molecular weight is 193 g/mol. The van der Waals surface area contributed by atoms with Crippen LogP contribution in [0.25, 0.3) is 0 Å². The van der Waals surface area contributed by atoms with Gasteiger partial charge >= 0.3 is 35.7 Å². The van der Waals surface area contributed by atoms with E-state index in [2.05, 4.69) is 6.92 Å². The molecule has 0 spiro atoms. The first-order valence-electron chi connectivity index (χ1n) is 3.13. The van der Waals surface area contributed by atoms with E-state index < -0.39 is 6.16 Å². The summed E-state index contributed by atoms with van der Waals surface area (Å²) >= 11 is 5.38. The van der Waals surface area contributed by atoms with Gasteiger partial charge in [0.2, 0.25) is 0 Å². The van der Waals surface area contributed by atoms with Gasteiger partial charge in [-0.2, -0.15) is 0 Å². The maximum atomic E-state index is 8.56. The number of halogens is 1. The zero-order valence-corrected chi connectivity index (χ0v) is 6.76. The molecule has 0 aliphatic rings. The zero-order valence-electron chi connectivity index (χ0n) is 6.01. The van der Waals surface area contributed by atoms with Gasteiger partial charge in [0.25, 0.3) is 0 Å². The van der Waals surface area contributed by atoms with E-state index >= 15 is 0 Å². The SMILES string of the molecule is CCCCCCl.O=C(O)O.[NaH]. The van der Waals surface area contributed by atoms with Gasteiger partial charge in [0.05, 0.1) is 0 Å². The molecule has 5 heteroatoms. The molecule has 0 atom stereocenters. The van der Waals surface area contributed by atoms with Crippen LogP contribution >= 0.6 is 11.6 Å². The number of carboxylic acid groups (broad SMARTS) is 2. The summed E-state index contributed by atoms with van der Waals surface area (Å²) in [7, 11) is 0. The third kappa shape index (κ3) is 61.1. The Bertz CT molecular complexity index is 72.2. The summed E-state index contributed by atoms with van der Waals surface area (Å²) in [6.45, 7) is 2.17. The molecule has 0 fully saturated rings. The van der Waals surface area contributed by atoms with Crippen LogP contribution in [0.3, 0.4) is 0 Å². The van der Waals surface area contributed by atoms with Crippen LogP contribution in [-0.4, -0.2) is 51.8 Å². The number of alkyl halides is 1. The van der Waals surface area contributed by atoms with Crippen molar-refractivity contribution in [3.8, 4) is 0 Å². The van der Waals surface area contributed by atoms with Gasteiger partial charge in [-0.25, -0.2) is 4.79 Å². The van der Waals surface area contributed by atoms with Crippen molar-refractivity contribution in [3.05, 3.63) is 0 Å². The van der Waals surface area contributed by atoms with Gasteiger partial charge in [0.15, 0.2) is 0 Å². The second-order valence-corrected chi connectivity index (χ2v) is 2.06. The van der Waals surface area contributed by atoms with Crippen molar-refractivity contribution in [2.45, 2.75) is 26.2 Å². The molecule has 0 aliphatic heterocycles. The Hall–Kier alpha value is 0.560. The molecule has 0 aromatic rings. The first-order chi connectivity index (χ1) is 4.65. The van der Waals surface area contributed by atoms with Crippen LogP contribution in [0, 0.1) is 0 Å². The normalized spacial score (nSPS) is 7.09. The van der Waals surface area contributed by atoms with Crippen molar-refractivity contribution in [1.29, 1.82) is 0 Å². The molecule has 2 N–H and O–H groups in total. The number of hydrogen-bond acceptors (Lipinski definition) is 1. The molecule has 0 amide bonds. The molecular weight excluding hydrogens is 179 g/mol. The minimum atomic E-state index is -1.83. The molecule has 0 radical (unpaired) electrons. The monoisotopic (exact) mass is 192 g/mol. The second-order valence-electron chi connectivity index (χ2n) is 1.68. The van der Waals surface area contributed by atoms with E-state index in [1.54, 1.807) is 0 Å². The summed E-state index contributed by atoms with van der Waals surface area (Å²) in [6, 6.07) is 0. The van der Waals surface area contributed by atoms with Gasteiger partial charge in [0.1, 0.15) is 0 Å². The molecule has 64 valence electrons. The molecule has 3 nitrogen and oxygen atoms in total. The number of unbranched alkanes of at least 4 members (excludes halogenated alkanes) is 2. The Morgan fingerprint density at radius 2 is 1.73 bits per heavy atom. The number of carbonyl (C=O) groups is 1. The Morgan fingerprint density at radius 3 is 1.82 bits per heavy atom. The summed E-state index contributed by atoms with van der Waals surface area (Å²) in [5, 5.41) is 13.9. The fourth-order valence-corrected chi connectivity index (χ4v) is 0.533. The molecule has 11 heavy (non-hydrogen) atoms. The summed E-state index contributed by atoms with van der Waals surface area (Å²) in [5.41, 5.74) is 0. The first kappa shape index (κ1) is 17.6. The van der Waals surface area contributed by atoms with E-state index in [4.69, 9.17) is 26.6 Å². The molecule has 0 saturated carbocycles. The van der Waals surface area contributed by atoms with Crippen LogP contribution in [0.4, 0.5) is 4.79 Å². The Balaban J connectivity index is -0.000000114. The van der Waals surface area contributed by atoms with Crippen LogP contribution < -0.4 is 0 Å². The van der Waals surface area contributed by atoms with Crippen molar-refractivity contribution in [2.75, 3.05) is 5.88 Å². The molecule has 0 aromatic carbocycles. The Kier molecular flexibility index (Phi) is 27.0. The fourth-order valence-electron chi connectivity index (χ4n) is 0.344. The molecule has 0 aromatic heterocycles. The maximum absolute atomic E-state index is 8.56. The summed E-state index contributed by atoms with van der Waals surface area (Å²) in [6.07, 6.45) is 1.90. The predicted molar refractivity (Wildman–Crippen MR) is 48.0 cm³/mol. The van der Waals surface area contributed by atoms with Gasteiger partial charge in [0, 0.05) is 5.88 Å². The van der Waals surface area contributed by atoms with Crippen molar-refractivity contribution in [2.24, 2.45) is 0 Å². The molecule has 0 aliphatic carbocycles. The second kappa shape index (κ2) is 16.9. The molecule has 0 unspecified atom stereocenters. The molecule has 0 saturated heterocycles. The third-order valence-corrected chi connectivity index (χ3v) is 1.00. The van der Waals surface area contributed by atoms with E-state index in [1.807, 2.05) is 0 Å². The average Bonchev–Trinajstić information content (AvgIpc) is 1.82.